The minimum atomic E-state index is 0.301. The van der Waals surface area contributed by atoms with Gasteiger partial charge in [0.05, 0.1) is 0 Å². The van der Waals surface area contributed by atoms with Crippen LogP contribution in [-0.4, -0.2) is 42.0 Å². The summed E-state index contributed by atoms with van der Waals surface area (Å²) < 4.78 is 0. The van der Waals surface area contributed by atoms with Crippen LogP contribution in [0.4, 0.5) is 5.82 Å². The largest absolute Gasteiger partial charge is 0.355 e. The van der Waals surface area contributed by atoms with Crippen LogP contribution >= 0.6 is 11.6 Å². The van der Waals surface area contributed by atoms with E-state index in [2.05, 4.69) is 22.0 Å². The van der Waals surface area contributed by atoms with Gasteiger partial charge in [-0.2, -0.15) is 0 Å². The van der Waals surface area contributed by atoms with Gasteiger partial charge in [-0.15, -0.1) is 0 Å². The van der Waals surface area contributed by atoms with Crippen molar-refractivity contribution in [3.05, 3.63) is 35.5 Å². The summed E-state index contributed by atoms with van der Waals surface area (Å²) in [6.45, 7) is 3.37. The Kier molecular flexibility index (Phi) is 3.85. The van der Waals surface area contributed by atoms with Crippen LogP contribution in [0.5, 0.6) is 0 Å². The lowest BCUT2D eigenvalue weighted by atomic mass is 10.2. The van der Waals surface area contributed by atoms with E-state index >= 15 is 0 Å². The molecule has 1 aromatic heterocycles. The maximum atomic E-state index is 12.3. The molecule has 2 aliphatic rings. The molecule has 23 heavy (non-hydrogen) atoms. The third kappa shape index (κ3) is 3.00. The number of amides is 1. The smallest absolute Gasteiger partial charge is 0.225 e. The van der Waals surface area contributed by atoms with E-state index < -0.39 is 0 Å². The topological polar surface area (TPSA) is 36.4 Å². The summed E-state index contributed by atoms with van der Waals surface area (Å²) in [5.74, 6) is 1.56. The zero-order valence-electron chi connectivity index (χ0n) is 13.0. The van der Waals surface area contributed by atoms with Crippen molar-refractivity contribution < 1.29 is 4.79 Å². The van der Waals surface area contributed by atoms with E-state index in [4.69, 9.17) is 11.6 Å². The van der Waals surface area contributed by atoms with Crippen molar-refractivity contribution in [2.45, 2.75) is 19.3 Å². The van der Waals surface area contributed by atoms with E-state index in [9.17, 15) is 4.79 Å². The van der Waals surface area contributed by atoms with Crippen LogP contribution in [0, 0.1) is 5.92 Å². The van der Waals surface area contributed by atoms with Crippen molar-refractivity contribution in [2.24, 2.45) is 5.92 Å². The molecule has 2 fully saturated rings. The fraction of sp³-hybridized carbons (Fsp3) is 0.444. The van der Waals surface area contributed by atoms with Gasteiger partial charge in [-0.1, -0.05) is 35.9 Å². The molecule has 5 heteroatoms. The molecule has 1 saturated carbocycles. The molecule has 0 bridgehead atoms. The SMILES string of the molecule is O=C(C1CC1)N1CCCN(c2cc3ccccc3c(Cl)n2)CC1. The van der Waals surface area contributed by atoms with Gasteiger partial charge in [0.1, 0.15) is 11.0 Å². The zero-order valence-corrected chi connectivity index (χ0v) is 13.8. The molecule has 4 nitrogen and oxygen atoms in total. The molecule has 0 unspecified atom stereocenters. The third-order valence-electron chi connectivity index (χ3n) is 4.74. The molecule has 1 saturated heterocycles. The van der Waals surface area contributed by atoms with Crippen molar-refractivity contribution in [1.82, 2.24) is 9.88 Å². The van der Waals surface area contributed by atoms with E-state index in [1.807, 2.05) is 23.1 Å². The number of hydrogen-bond acceptors (Lipinski definition) is 3. The minimum absolute atomic E-state index is 0.301. The first-order chi connectivity index (χ1) is 11.2. The van der Waals surface area contributed by atoms with Crippen molar-refractivity contribution >= 4 is 34.1 Å². The van der Waals surface area contributed by atoms with Crippen LogP contribution in [-0.2, 0) is 4.79 Å². The standard InChI is InChI=1S/C18H20ClN3O/c19-17-15-5-2-1-4-14(15)12-16(20-17)21-8-3-9-22(11-10-21)18(23)13-6-7-13/h1-2,4-5,12-13H,3,6-11H2. The summed E-state index contributed by atoms with van der Waals surface area (Å²) in [6.07, 6.45) is 3.12. The molecule has 0 N–H and O–H groups in total. The number of carbonyl (C=O) groups is 1. The number of fused-ring (bicyclic) bond motifs is 1. The van der Waals surface area contributed by atoms with Crippen LogP contribution in [0.2, 0.25) is 5.15 Å². The van der Waals surface area contributed by atoms with E-state index in [0.717, 1.165) is 62.0 Å². The van der Waals surface area contributed by atoms with Gasteiger partial charge in [0.15, 0.2) is 0 Å². The summed E-state index contributed by atoms with van der Waals surface area (Å²) >= 11 is 6.35. The number of anilines is 1. The molecule has 1 aromatic carbocycles. The first-order valence-electron chi connectivity index (χ1n) is 8.31. The Bertz CT molecular complexity index is 744. The Morgan fingerprint density at radius 1 is 1.13 bits per heavy atom. The third-order valence-corrected chi connectivity index (χ3v) is 5.03. The highest BCUT2D eigenvalue weighted by Crippen LogP contribution is 2.32. The Morgan fingerprint density at radius 2 is 1.96 bits per heavy atom. The number of benzene rings is 1. The van der Waals surface area contributed by atoms with Gasteiger partial charge in [0.2, 0.25) is 5.91 Å². The molecule has 0 spiro atoms. The first kappa shape index (κ1) is 14.8. The van der Waals surface area contributed by atoms with Gasteiger partial charge < -0.3 is 9.80 Å². The van der Waals surface area contributed by atoms with Gasteiger partial charge in [-0.3, -0.25) is 4.79 Å². The van der Waals surface area contributed by atoms with Crippen molar-refractivity contribution in [3.8, 4) is 0 Å². The summed E-state index contributed by atoms with van der Waals surface area (Å²) in [4.78, 5) is 21.1. The highest BCUT2D eigenvalue weighted by Gasteiger charge is 2.34. The zero-order chi connectivity index (χ0) is 15.8. The summed E-state index contributed by atoms with van der Waals surface area (Å²) in [5.41, 5.74) is 0. The molecular weight excluding hydrogens is 310 g/mol. The average molecular weight is 330 g/mol. The van der Waals surface area contributed by atoms with Crippen LogP contribution < -0.4 is 4.90 Å². The van der Waals surface area contributed by atoms with Crippen LogP contribution in [0.25, 0.3) is 10.8 Å². The number of hydrogen-bond donors (Lipinski definition) is 0. The number of nitrogens with zero attached hydrogens (tertiary/aromatic N) is 3. The fourth-order valence-corrected chi connectivity index (χ4v) is 3.52. The second-order valence-corrected chi connectivity index (χ2v) is 6.79. The molecule has 1 amide bonds. The molecule has 120 valence electrons. The predicted molar refractivity (Wildman–Crippen MR) is 92.9 cm³/mol. The highest BCUT2D eigenvalue weighted by atomic mass is 35.5. The van der Waals surface area contributed by atoms with E-state index in [-0.39, 0.29) is 0 Å². The van der Waals surface area contributed by atoms with Gasteiger partial charge >= 0.3 is 0 Å². The van der Waals surface area contributed by atoms with Crippen LogP contribution in [0.1, 0.15) is 19.3 Å². The first-order valence-corrected chi connectivity index (χ1v) is 8.69. The maximum absolute atomic E-state index is 12.3. The molecule has 0 atom stereocenters. The fourth-order valence-electron chi connectivity index (χ4n) is 3.26. The Hall–Kier alpha value is -1.81. The normalized spacial score (nSPS) is 19.0. The number of carbonyl (C=O) groups excluding carboxylic acids is 1. The molecule has 1 aliphatic carbocycles. The average Bonchev–Trinajstić information content (AvgIpc) is 3.41. The summed E-state index contributed by atoms with van der Waals surface area (Å²) in [5, 5.41) is 2.64. The molecule has 2 aromatic rings. The van der Waals surface area contributed by atoms with Gasteiger partial charge in [0.25, 0.3) is 0 Å². The van der Waals surface area contributed by atoms with Gasteiger partial charge in [0, 0.05) is 37.5 Å². The van der Waals surface area contributed by atoms with E-state index in [1.54, 1.807) is 0 Å². The quantitative estimate of drug-likeness (QED) is 0.793. The van der Waals surface area contributed by atoms with Gasteiger partial charge in [-0.05, 0) is 30.7 Å². The maximum Gasteiger partial charge on any atom is 0.225 e. The molecule has 2 heterocycles. The lowest BCUT2D eigenvalue weighted by Crippen LogP contribution is -2.36. The van der Waals surface area contributed by atoms with E-state index in [1.165, 1.54) is 0 Å². The second kappa shape index (κ2) is 6.00. The monoisotopic (exact) mass is 329 g/mol. The van der Waals surface area contributed by atoms with Crippen molar-refractivity contribution in [2.75, 3.05) is 31.1 Å². The summed E-state index contributed by atoms with van der Waals surface area (Å²) in [7, 11) is 0. The van der Waals surface area contributed by atoms with E-state index in [0.29, 0.717) is 17.0 Å². The number of aromatic nitrogens is 1. The van der Waals surface area contributed by atoms with Crippen LogP contribution in [0.3, 0.4) is 0 Å². The van der Waals surface area contributed by atoms with Crippen LogP contribution in [0.15, 0.2) is 30.3 Å². The number of pyridine rings is 1. The number of halogens is 1. The van der Waals surface area contributed by atoms with Crippen molar-refractivity contribution in [1.29, 1.82) is 0 Å². The second-order valence-electron chi connectivity index (χ2n) is 6.43. The molecule has 1 aliphatic heterocycles. The summed E-state index contributed by atoms with van der Waals surface area (Å²) in [6, 6.07) is 10.1. The Balaban J connectivity index is 1.55. The Labute approximate surface area is 141 Å². The minimum Gasteiger partial charge on any atom is -0.355 e. The van der Waals surface area contributed by atoms with Gasteiger partial charge in [-0.25, -0.2) is 4.98 Å². The highest BCUT2D eigenvalue weighted by molar-refractivity contribution is 6.34. The number of rotatable bonds is 2. The lowest BCUT2D eigenvalue weighted by molar-refractivity contribution is -0.132. The molecular formula is C18H20ClN3O. The molecule has 4 rings (SSSR count). The Morgan fingerprint density at radius 3 is 2.78 bits per heavy atom. The lowest BCUT2D eigenvalue weighted by Gasteiger charge is -2.23. The molecule has 0 radical (unpaired) electrons. The van der Waals surface area contributed by atoms with Crippen molar-refractivity contribution in [3.63, 3.8) is 0 Å². The predicted octanol–water partition coefficient (Wildman–Crippen LogP) is 3.34.